The second kappa shape index (κ2) is 5.58. The van der Waals surface area contributed by atoms with E-state index in [1.807, 2.05) is 29.6 Å². The zero-order valence-corrected chi connectivity index (χ0v) is 12.9. The van der Waals surface area contributed by atoms with Gasteiger partial charge in [0.05, 0.1) is 5.69 Å². The average molecular weight is 295 g/mol. The standard InChI is InChI=1S/C17H17N3S/c1-11-6-12(2)8-15(7-11)19-17-20-16(10-21-17)13-4-3-5-14(18)9-13/h3-10H,18H2,1-2H3,(H,19,20). The fourth-order valence-corrected chi connectivity index (χ4v) is 3.07. The zero-order valence-electron chi connectivity index (χ0n) is 12.1. The first-order valence-corrected chi connectivity index (χ1v) is 7.65. The van der Waals surface area contributed by atoms with Crippen molar-refractivity contribution in [2.45, 2.75) is 13.8 Å². The SMILES string of the molecule is Cc1cc(C)cc(Nc2nc(-c3cccc(N)c3)cs2)c1. The summed E-state index contributed by atoms with van der Waals surface area (Å²) in [7, 11) is 0. The normalized spacial score (nSPS) is 10.6. The van der Waals surface area contributed by atoms with Gasteiger partial charge in [-0.3, -0.25) is 0 Å². The Morgan fingerprint density at radius 2 is 1.81 bits per heavy atom. The minimum atomic E-state index is 0.754. The summed E-state index contributed by atoms with van der Waals surface area (Å²) in [6, 6.07) is 14.2. The highest BCUT2D eigenvalue weighted by molar-refractivity contribution is 7.14. The van der Waals surface area contributed by atoms with E-state index >= 15 is 0 Å². The van der Waals surface area contributed by atoms with Crippen molar-refractivity contribution in [3.8, 4) is 11.3 Å². The molecule has 3 nitrogen and oxygen atoms in total. The van der Waals surface area contributed by atoms with Crippen molar-refractivity contribution < 1.29 is 0 Å². The first kappa shape index (κ1) is 13.6. The molecule has 4 heteroatoms. The minimum Gasteiger partial charge on any atom is -0.399 e. The molecule has 0 unspecified atom stereocenters. The summed E-state index contributed by atoms with van der Waals surface area (Å²) in [4.78, 5) is 4.63. The molecule has 0 aliphatic heterocycles. The summed E-state index contributed by atoms with van der Waals surface area (Å²) in [6.45, 7) is 4.19. The molecule has 0 fully saturated rings. The number of nitrogens with zero attached hydrogens (tertiary/aromatic N) is 1. The third-order valence-corrected chi connectivity index (χ3v) is 3.92. The molecule has 21 heavy (non-hydrogen) atoms. The Balaban J connectivity index is 1.85. The minimum absolute atomic E-state index is 0.754. The van der Waals surface area contributed by atoms with E-state index in [4.69, 9.17) is 5.73 Å². The van der Waals surface area contributed by atoms with Crippen LogP contribution in [-0.2, 0) is 0 Å². The van der Waals surface area contributed by atoms with E-state index in [0.29, 0.717) is 0 Å². The van der Waals surface area contributed by atoms with Crippen molar-refractivity contribution >= 4 is 27.8 Å². The maximum absolute atomic E-state index is 5.82. The molecular weight excluding hydrogens is 278 g/mol. The molecule has 0 saturated heterocycles. The summed E-state index contributed by atoms with van der Waals surface area (Å²) in [5.41, 5.74) is 12.1. The van der Waals surface area contributed by atoms with Crippen LogP contribution in [0.5, 0.6) is 0 Å². The van der Waals surface area contributed by atoms with E-state index in [0.717, 1.165) is 27.8 Å². The van der Waals surface area contributed by atoms with Gasteiger partial charge >= 0.3 is 0 Å². The molecule has 3 rings (SSSR count). The third-order valence-electron chi connectivity index (χ3n) is 3.16. The van der Waals surface area contributed by atoms with Crippen LogP contribution in [0.15, 0.2) is 47.8 Å². The van der Waals surface area contributed by atoms with Gasteiger partial charge in [0.15, 0.2) is 5.13 Å². The van der Waals surface area contributed by atoms with Gasteiger partial charge in [0, 0.05) is 22.3 Å². The highest BCUT2D eigenvalue weighted by Crippen LogP contribution is 2.28. The van der Waals surface area contributed by atoms with Gasteiger partial charge in [-0.15, -0.1) is 11.3 Å². The number of hydrogen-bond acceptors (Lipinski definition) is 4. The van der Waals surface area contributed by atoms with Gasteiger partial charge < -0.3 is 11.1 Å². The second-order valence-electron chi connectivity index (χ2n) is 5.16. The number of aromatic nitrogens is 1. The molecule has 2 aromatic carbocycles. The molecule has 1 aromatic heterocycles. The van der Waals surface area contributed by atoms with Gasteiger partial charge in [-0.05, 0) is 49.2 Å². The van der Waals surface area contributed by atoms with Crippen molar-refractivity contribution in [3.05, 3.63) is 59.0 Å². The molecule has 1 heterocycles. The predicted molar refractivity (Wildman–Crippen MR) is 91.2 cm³/mol. The molecule has 0 radical (unpaired) electrons. The second-order valence-corrected chi connectivity index (χ2v) is 6.02. The number of nitrogens with two attached hydrogens (primary N) is 1. The third kappa shape index (κ3) is 3.23. The van der Waals surface area contributed by atoms with Gasteiger partial charge in [0.2, 0.25) is 0 Å². The first-order valence-electron chi connectivity index (χ1n) is 6.77. The molecule has 0 aliphatic carbocycles. The number of nitrogen functional groups attached to an aromatic ring is 1. The molecule has 3 N–H and O–H groups in total. The quantitative estimate of drug-likeness (QED) is 0.685. The van der Waals surface area contributed by atoms with E-state index in [2.05, 4.69) is 42.3 Å². The summed E-state index contributed by atoms with van der Waals surface area (Å²) in [5, 5.41) is 6.29. The summed E-state index contributed by atoms with van der Waals surface area (Å²) < 4.78 is 0. The number of anilines is 3. The van der Waals surface area contributed by atoms with E-state index in [1.165, 1.54) is 11.1 Å². The Morgan fingerprint density at radius 3 is 2.52 bits per heavy atom. The molecule has 106 valence electrons. The van der Waals surface area contributed by atoms with Crippen LogP contribution in [0.1, 0.15) is 11.1 Å². The van der Waals surface area contributed by atoms with E-state index in [-0.39, 0.29) is 0 Å². The van der Waals surface area contributed by atoms with Crippen LogP contribution in [0.2, 0.25) is 0 Å². The Kier molecular flexibility index (Phi) is 3.62. The zero-order chi connectivity index (χ0) is 14.8. The van der Waals surface area contributed by atoms with Crippen LogP contribution in [0, 0.1) is 13.8 Å². The van der Waals surface area contributed by atoms with E-state index < -0.39 is 0 Å². The maximum atomic E-state index is 5.82. The Labute approximate surface area is 128 Å². The average Bonchev–Trinajstić information content (AvgIpc) is 2.86. The van der Waals surface area contributed by atoms with Gasteiger partial charge in [-0.25, -0.2) is 4.98 Å². The van der Waals surface area contributed by atoms with Gasteiger partial charge in [0.1, 0.15) is 0 Å². The van der Waals surface area contributed by atoms with Crippen molar-refractivity contribution in [1.82, 2.24) is 4.98 Å². The van der Waals surface area contributed by atoms with E-state index in [9.17, 15) is 0 Å². The lowest BCUT2D eigenvalue weighted by molar-refractivity contribution is 1.35. The summed E-state index contributed by atoms with van der Waals surface area (Å²) >= 11 is 1.59. The lowest BCUT2D eigenvalue weighted by Crippen LogP contribution is -1.91. The van der Waals surface area contributed by atoms with Crippen molar-refractivity contribution in [2.75, 3.05) is 11.1 Å². The monoisotopic (exact) mass is 295 g/mol. The van der Waals surface area contributed by atoms with Crippen molar-refractivity contribution in [2.24, 2.45) is 0 Å². The Morgan fingerprint density at radius 1 is 1.05 bits per heavy atom. The largest absolute Gasteiger partial charge is 0.399 e. The molecule has 0 spiro atoms. The van der Waals surface area contributed by atoms with Crippen LogP contribution in [0.3, 0.4) is 0 Å². The molecule has 0 aliphatic rings. The summed E-state index contributed by atoms with van der Waals surface area (Å²) in [5.74, 6) is 0. The van der Waals surface area contributed by atoms with Gasteiger partial charge in [-0.2, -0.15) is 0 Å². The predicted octanol–water partition coefficient (Wildman–Crippen LogP) is 4.75. The van der Waals surface area contributed by atoms with Crippen LogP contribution in [-0.4, -0.2) is 4.98 Å². The van der Waals surface area contributed by atoms with E-state index in [1.54, 1.807) is 11.3 Å². The lowest BCUT2D eigenvalue weighted by Gasteiger charge is -2.05. The fraction of sp³-hybridized carbons (Fsp3) is 0.118. The highest BCUT2D eigenvalue weighted by atomic mass is 32.1. The molecule has 0 amide bonds. The number of benzene rings is 2. The Bertz CT molecular complexity index is 757. The molecule has 0 bridgehead atoms. The fourth-order valence-electron chi connectivity index (χ4n) is 2.33. The number of nitrogens with one attached hydrogen (secondary N) is 1. The topological polar surface area (TPSA) is 50.9 Å². The van der Waals surface area contributed by atoms with Gasteiger partial charge in [-0.1, -0.05) is 18.2 Å². The summed E-state index contributed by atoms with van der Waals surface area (Å²) in [6.07, 6.45) is 0. The van der Waals surface area contributed by atoms with Crippen molar-refractivity contribution in [1.29, 1.82) is 0 Å². The Hall–Kier alpha value is -2.33. The molecule has 3 aromatic rings. The number of aryl methyl sites for hydroxylation is 2. The molecular formula is C17H17N3S. The highest BCUT2D eigenvalue weighted by Gasteiger charge is 2.05. The van der Waals surface area contributed by atoms with Crippen LogP contribution >= 0.6 is 11.3 Å². The van der Waals surface area contributed by atoms with Crippen LogP contribution in [0.4, 0.5) is 16.5 Å². The van der Waals surface area contributed by atoms with Crippen LogP contribution < -0.4 is 11.1 Å². The van der Waals surface area contributed by atoms with Gasteiger partial charge in [0.25, 0.3) is 0 Å². The van der Waals surface area contributed by atoms with Crippen LogP contribution in [0.25, 0.3) is 11.3 Å². The number of thiazole rings is 1. The van der Waals surface area contributed by atoms with Crippen molar-refractivity contribution in [3.63, 3.8) is 0 Å². The number of rotatable bonds is 3. The smallest absolute Gasteiger partial charge is 0.187 e. The molecule has 0 saturated carbocycles. The first-order chi connectivity index (χ1) is 10.1. The molecule has 0 atom stereocenters. The number of hydrogen-bond donors (Lipinski definition) is 2. The lowest BCUT2D eigenvalue weighted by atomic mass is 10.1. The maximum Gasteiger partial charge on any atom is 0.187 e.